The molecule has 1 aromatic carbocycles. The van der Waals surface area contributed by atoms with Crippen LogP contribution in [-0.4, -0.2) is 19.5 Å². The Bertz CT molecular complexity index is 812. The van der Waals surface area contributed by atoms with E-state index in [0.29, 0.717) is 15.7 Å². The van der Waals surface area contributed by atoms with Crippen LogP contribution in [0.5, 0.6) is 0 Å². The van der Waals surface area contributed by atoms with Gasteiger partial charge in [0.1, 0.15) is 9.77 Å². The molecule has 0 spiro atoms. The summed E-state index contributed by atoms with van der Waals surface area (Å²) in [6, 6.07) is 5.16. The Morgan fingerprint density at radius 3 is 2.57 bits per heavy atom. The highest BCUT2D eigenvalue weighted by atomic mass is 79.9. The maximum absolute atomic E-state index is 12.5. The third-order valence-electron chi connectivity index (χ3n) is 2.75. The van der Waals surface area contributed by atoms with Crippen LogP contribution in [0.4, 0.5) is 5.69 Å². The van der Waals surface area contributed by atoms with Crippen molar-refractivity contribution in [3.8, 4) is 0 Å². The van der Waals surface area contributed by atoms with Crippen LogP contribution in [0.2, 0.25) is 0 Å². The number of benzene rings is 1. The highest BCUT2D eigenvalue weighted by Gasteiger charge is 2.27. The number of hydrogen-bond acceptors (Lipinski definition) is 4. The van der Waals surface area contributed by atoms with Gasteiger partial charge in [-0.25, -0.2) is 13.2 Å². The average Bonchev–Trinajstić information content (AvgIpc) is 2.76. The van der Waals surface area contributed by atoms with Crippen molar-refractivity contribution in [2.45, 2.75) is 18.7 Å². The molecule has 0 radical (unpaired) electrons. The second-order valence-corrected chi connectivity index (χ2v) is 7.82. The van der Waals surface area contributed by atoms with Gasteiger partial charge in [-0.05, 0) is 58.4 Å². The molecule has 112 valence electrons. The Labute approximate surface area is 134 Å². The standard InChI is InChI=1S/C13H12BrNO4S2/c1-7-3-4-10(9(14)5-7)15-21(18,19)12-8(2)6-20-11(12)13(16)17/h3-6,15H,1-2H3,(H,16,17). The number of thiophene rings is 1. The minimum absolute atomic E-state index is 0.188. The number of sulfonamides is 1. The van der Waals surface area contributed by atoms with Crippen LogP contribution in [0.25, 0.3) is 0 Å². The molecule has 0 fully saturated rings. The lowest BCUT2D eigenvalue weighted by atomic mass is 10.2. The second kappa shape index (κ2) is 5.78. The van der Waals surface area contributed by atoms with Gasteiger partial charge in [0.15, 0.2) is 0 Å². The third kappa shape index (κ3) is 3.28. The minimum Gasteiger partial charge on any atom is -0.477 e. The number of carboxylic acid groups (broad SMARTS) is 1. The molecule has 8 heteroatoms. The molecular formula is C13H12BrNO4S2. The van der Waals surface area contributed by atoms with Gasteiger partial charge < -0.3 is 5.11 Å². The van der Waals surface area contributed by atoms with Crippen molar-refractivity contribution in [1.82, 2.24) is 0 Å². The van der Waals surface area contributed by atoms with Gasteiger partial charge in [-0.15, -0.1) is 11.3 Å². The van der Waals surface area contributed by atoms with Gasteiger partial charge in [-0.1, -0.05) is 6.07 Å². The Hall–Kier alpha value is -1.38. The van der Waals surface area contributed by atoms with Gasteiger partial charge >= 0.3 is 5.97 Å². The number of carbonyl (C=O) groups is 1. The highest BCUT2D eigenvalue weighted by molar-refractivity contribution is 9.10. The lowest BCUT2D eigenvalue weighted by Gasteiger charge is -2.11. The molecule has 0 bridgehead atoms. The van der Waals surface area contributed by atoms with E-state index in [1.807, 2.05) is 6.92 Å². The fourth-order valence-corrected chi connectivity index (χ4v) is 5.25. The highest BCUT2D eigenvalue weighted by Crippen LogP contribution is 2.31. The fourth-order valence-electron chi connectivity index (χ4n) is 1.81. The molecule has 2 N–H and O–H groups in total. The van der Waals surface area contributed by atoms with E-state index >= 15 is 0 Å². The van der Waals surface area contributed by atoms with Crippen molar-refractivity contribution < 1.29 is 18.3 Å². The number of halogens is 1. The SMILES string of the molecule is Cc1ccc(NS(=O)(=O)c2c(C)csc2C(=O)O)c(Br)c1. The Morgan fingerprint density at radius 2 is 2.00 bits per heavy atom. The van der Waals surface area contributed by atoms with E-state index in [1.54, 1.807) is 25.1 Å². The summed E-state index contributed by atoms with van der Waals surface area (Å²) in [6.45, 7) is 3.45. The van der Waals surface area contributed by atoms with E-state index in [1.165, 1.54) is 5.38 Å². The first kappa shape index (κ1) is 16.0. The quantitative estimate of drug-likeness (QED) is 0.835. The van der Waals surface area contributed by atoms with E-state index < -0.39 is 16.0 Å². The van der Waals surface area contributed by atoms with Gasteiger partial charge in [0, 0.05) is 4.47 Å². The zero-order valence-electron chi connectivity index (χ0n) is 11.2. The molecule has 0 unspecified atom stereocenters. The molecule has 21 heavy (non-hydrogen) atoms. The van der Waals surface area contributed by atoms with Crippen molar-refractivity contribution in [1.29, 1.82) is 0 Å². The molecule has 0 saturated heterocycles. The molecule has 0 aliphatic rings. The molecule has 1 heterocycles. The summed E-state index contributed by atoms with van der Waals surface area (Å²) in [5.74, 6) is -1.25. The van der Waals surface area contributed by atoms with Crippen molar-refractivity contribution >= 4 is 48.9 Å². The second-order valence-electron chi connectivity index (χ2n) is 4.47. The van der Waals surface area contributed by atoms with Crippen molar-refractivity contribution in [2.75, 3.05) is 4.72 Å². The number of aryl methyl sites for hydroxylation is 2. The summed E-state index contributed by atoms with van der Waals surface area (Å²) < 4.78 is 27.9. The predicted molar refractivity (Wildman–Crippen MR) is 85.7 cm³/mol. The fraction of sp³-hybridized carbons (Fsp3) is 0.154. The van der Waals surface area contributed by atoms with Crippen LogP contribution in [0.1, 0.15) is 20.8 Å². The summed E-state index contributed by atoms with van der Waals surface area (Å²) in [5.41, 5.74) is 1.75. The Balaban J connectivity index is 2.48. The molecule has 0 aliphatic heterocycles. The minimum atomic E-state index is -3.96. The van der Waals surface area contributed by atoms with E-state index in [0.717, 1.165) is 16.9 Å². The van der Waals surface area contributed by atoms with Gasteiger partial charge in [0.2, 0.25) is 0 Å². The largest absolute Gasteiger partial charge is 0.477 e. The van der Waals surface area contributed by atoms with Crippen molar-refractivity contribution in [3.63, 3.8) is 0 Å². The van der Waals surface area contributed by atoms with Crippen LogP contribution in [0, 0.1) is 13.8 Å². The first-order chi connectivity index (χ1) is 9.72. The summed E-state index contributed by atoms with van der Waals surface area (Å²) in [7, 11) is -3.96. The maximum Gasteiger partial charge on any atom is 0.347 e. The molecular weight excluding hydrogens is 378 g/mol. The molecule has 0 aliphatic carbocycles. The summed E-state index contributed by atoms with van der Waals surface area (Å²) in [4.78, 5) is 10.8. The Kier molecular flexibility index (Phi) is 4.40. The smallest absolute Gasteiger partial charge is 0.347 e. The number of aromatic carboxylic acids is 1. The lowest BCUT2D eigenvalue weighted by Crippen LogP contribution is -2.16. The molecule has 2 aromatic rings. The molecule has 2 rings (SSSR count). The normalized spacial score (nSPS) is 11.4. The first-order valence-electron chi connectivity index (χ1n) is 5.82. The zero-order valence-corrected chi connectivity index (χ0v) is 14.4. The van der Waals surface area contributed by atoms with Crippen LogP contribution in [0.15, 0.2) is 32.9 Å². The number of hydrogen-bond donors (Lipinski definition) is 2. The predicted octanol–water partition coefficient (Wildman–Crippen LogP) is 3.63. The van der Waals surface area contributed by atoms with Gasteiger partial charge in [0.05, 0.1) is 5.69 Å². The van der Waals surface area contributed by atoms with Crippen molar-refractivity contribution in [3.05, 3.63) is 44.1 Å². The van der Waals surface area contributed by atoms with Crippen LogP contribution in [-0.2, 0) is 10.0 Å². The topological polar surface area (TPSA) is 83.5 Å². The summed E-state index contributed by atoms with van der Waals surface area (Å²) in [5, 5.41) is 10.6. The van der Waals surface area contributed by atoms with Gasteiger partial charge in [-0.2, -0.15) is 0 Å². The zero-order chi connectivity index (χ0) is 15.8. The van der Waals surface area contributed by atoms with Crippen LogP contribution in [0.3, 0.4) is 0 Å². The van der Waals surface area contributed by atoms with Gasteiger partial charge in [-0.3, -0.25) is 4.72 Å². The number of nitrogens with one attached hydrogen (secondary N) is 1. The summed E-state index contributed by atoms with van der Waals surface area (Å²) in [6.07, 6.45) is 0. The van der Waals surface area contributed by atoms with Crippen LogP contribution < -0.4 is 4.72 Å². The monoisotopic (exact) mass is 389 g/mol. The van der Waals surface area contributed by atoms with Crippen LogP contribution >= 0.6 is 27.3 Å². The molecule has 5 nitrogen and oxygen atoms in total. The molecule has 0 saturated carbocycles. The third-order valence-corrected chi connectivity index (χ3v) is 6.17. The van der Waals surface area contributed by atoms with Crippen molar-refractivity contribution in [2.24, 2.45) is 0 Å². The average molecular weight is 390 g/mol. The van der Waals surface area contributed by atoms with E-state index in [4.69, 9.17) is 5.11 Å². The molecule has 0 atom stereocenters. The number of anilines is 1. The van der Waals surface area contributed by atoms with E-state index in [-0.39, 0.29) is 9.77 Å². The molecule has 1 aromatic heterocycles. The first-order valence-corrected chi connectivity index (χ1v) is 8.98. The van der Waals surface area contributed by atoms with E-state index in [9.17, 15) is 13.2 Å². The van der Waals surface area contributed by atoms with Gasteiger partial charge in [0.25, 0.3) is 10.0 Å². The Morgan fingerprint density at radius 1 is 1.33 bits per heavy atom. The summed E-state index contributed by atoms with van der Waals surface area (Å²) >= 11 is 4.19. The van der Waals surface area contributed by atoms with E-state index in [2.05, 4.69) is 20.7 Å². The maximum atomic E-state index is 12.5. The lowest BCUT2D eigenvalue weighted by molar-refractivity contribution is 0.0698. The number of rotatable bonds is 4. The number of carboxylic acids is 1. The molecule has 0 amide bonds.